The fourth-order valence-electron chi connectivity index (χ4n) is 2.13. The minimum Gasteiger partial charge on any atom is -0.317 e. The zero-order valence-electron chi connectivity index (χ0n) is 10.4. The van der Waals surface area contributed by atoms with E-state index in [2.05, 4.69) is 10.2 Å². The number of halogens is 3. The number of hydrogen-bond donors (Lipinski definition) is 1. The molecule has 0 aromatic rings. The van der Waals surface area contributed by atoms with Crippen molar-refractivity contribution >= 4 is 0 Å². The summed E-state index contributed by atoms with van der Waals surface area (Å²) in [5.41, 5.74) is 0. The van der Waals surface area contributed by atoms with Gasteiger partial charge in [-0.2, -0.15) is 13.2 Å². The third-order valence-electron chi connectivity index (χ3n) is 3.09. The number of rotatable bonds is 8. The largest absolute Gasteiger partial charge is 0.389 e. The Balaban J connectivity index is 1.78. The van der Waals surface area contributed by atoms with E-state index < -0.39 is 12.6 Å². The molecule has 1 heterocycles. The van der Waals surface area contributed by atoms with Crippen LogP contribution in [-0.4, -0.2) is 43.8 Å². The number of nitrogens with one attached hydrogen (secondary N) is 1. The van der Waals surface area contributed by atoms with Crippen molar-refractivity contribution in [2.45, 2.75) is 44.7 Å². The molecule has 17 heavy (non-hydrogen) atoms. The van der Waals surface area contributed by atoms with Crippen LogP contribution in [0.25, 0.3) is 0 Å². The molecule has 0 amide bonds. The molecule has 1 saturated heterocycles. The molecule has 1 aliphatic rings. The molecule has 0 radical (unpaired) electrons. The van der Waals surface area contributed by atoms with E-state index >= 15 is 0 Å². The molecule has 1 rings (SSSR count). The summed E-state index contributed by atoms with van der Waals surface area (Å²) in [5.74, 6) is 0. The number of hydrogen-bond acceptors (Lipinski definition) is 2. The number of likely N-dealkylation sites (tertiary alicyclic amines) is 1. The molecule has 5 heteroatoms. The molecule has 1 fully saturated rings. The van der Waals surface area contributed by atoms with E-state index in [4.69, 9.17) is 0 Å². The van der Waals surface area contributed by atoms with Gasteiger partial charge in [0.15, 0.2) is 0 Å². The molecule has 1 N–H and O–H groups in total. The second-order valence-corrected chi connectivity index (χ2v) is 4.72. The average molecular weight is 252 g/mol. The van der Waals surface area contributed by atoms with Gasteiger partial charge in [-0.05, 0) is 64.8 Å². The van der Waals surface area contributed by atoms with Crippen molar-refractivity contribution in [2.75, 3.05) is 32.7 Å². The molecule has 2 nitrogen and oxygen atoms in total. The SMILES string of the molecule is FC(F)(F)CCCCNCCCN1CCCC1. The summed E-state index contributed by atoms with van der Waals surface area (Å²) in [7, 11) is 0. The fourth-order valence-corrected chi connectivity index (χ4v) is 2.13. The average Bonchev–Trinajstić information content (AvgIpc) is 2.73. The standard InChI is InChI=1S/C12H23F3N2/c13-12(14,15)6-1-2-7-16-8-5-11-17-9-3-4-10-17/h16H,1-11H2. The monoisotopic (exact) mass is 252 g/mol. The highest BCUT2D eigenvalue weighted by Gasteiger charge is 2.25. The first kappa shape index (κ1) is 14.8. The molecular weight excluding hydrogens is 229 g/mol. The van der Waals surface area contributed by atoms with Gasteiger partial charge in [-0.15, -0.1) is 0 Å². The van der Waals surface area contributed by atoms with Crippen molar-refractivity contribution in [3.05, 3.63) is 0 Å². The van der Waals surface area contributed by atoms with Crippen LogP contribution in [0.1, 0.15) is 38.5 Å². The summed E-state index contributed by atoms with van der Waals surface area (Å²) >= 11 is 0. The third-order valence-corrected chi connectivity index (χ3v) is 3.09. The van der Waals surface area contributed by atoms with Gasteiger partial charge in [0.1, 0.15) is 0 Å². The van der Waals surface area contributed by atoms with Crippen LogP contribution in [0.2, 0.25) is 0 Å². The van der Waals surface area contributed by atoms with E-state index in [1.165, 1.54) is 25.9 Å². The van der Waals surface area contributed by atoms with Crippen LogP contribution in [0, 0.1) is 0 Å². The summed E-state index contributed by atoms with van der Waals surface area (Å²) < 4.78 is 35.5. The van der Waals surface area contributed by atoms with Gasteiger partial charge in [0.25, 0.3) is 0 Å². The molecule has 0 saturated carbocycles. The molecule has 0 aromatic carbocycles. The van der Waals surface area contributed by atoms with Crippen LogP contribution in [-0.2, 0) is 0 Å². The zero-order chi connectivity index (χ0) is 12.6. The Morgan fingerprint density at radius 1 is 0.941 bits per heavy atom. The van der Waals surface area contributed by atoms with Gasteiger partial charge >= 0.3 is 6.18 Å². The molecule has 102 valence electrons. The van der Waals surface area contributed by atoms with E-state index in [-0.39, 0.29) is 6.42 Å². The lowest BCUT2D eigenvalue weighted by atomic mass is 10.2. The Morgan fingerprint density at radius 2 is 1.59 bits per heavy atom. The molecular formula is C12H23F3N2. The van der Waals surface area contributed by atoms with Gasteiger partial charge in [-0.25, -0.2) is 0 Å². The number of nitrogens with zero attached hydrogens (tertiary/aromatic N) is 1. The highest BCUT2D eigenvalue weighted by Crippen LogP contribution is 2.21. The first-order valence-electron chi connectivity index (χ1n) is 6.58. The van der Waals surface area contributed by atoms with E-state index in [0.717, 1.165) is 19.5 Å². The van der Waals surface area contributed by atoms with E-state index in [9.17, 15) is 13.2 Å². The van der Waals surface area contributed by atoms with Gasteiger partial charge in [0.2, 0.25) is 0 Å². The summed E-state index contributed by atoms with van der Waals surface area (Å²) in [5, 5.41) is 3.20. The second-order valence-electron chi connectivity index (χ2n) is 4.72. The molecule has 0 aliphatic carbocycles. The van der Waals surface area contributed by atoms with Crippen molar-refractivity contribution in [3.8, 4) is 0 Å². The Labute approximate surface area is 102 Å². The maximum absolute atomic E-state index is 11.8. The Bertz CT molecular complexity index is 189. The lowest BCUT2D eigenvalue weighted by molar-refractivity contribution is -0.135. The van der Waals surface area contributed by atoms with Crippen molar-refractivity contribution in [1.82, 2.24) is 10.2 Å². The molecule has 1 aliphatic heterocycles. The maximum atomic E-state index is 11.8. The first-order valence-corrected chi connectivity index (χ1v) is 6.58. The lowest BCUT2D eigenvalue weighted by Gasteiger charge is -2.14. The lowest BCUT2D eigenvalue weighted by Crippen LogP contribution is -2.25. The van der Waals surface area contributed by atoms with E-state index in [1.54, 1.807) is 0 Å². The van der Waals surface area contributed by atoms with Gasteiger partial charge in [-0.3, -0.25) is 0 Å². The van der Waals surface area contributed by atoms with E-state index in [1.807, 2.05) is 0 Å². The Morgan fingerprint density at radius 3 is 2.24 bits per heavy atom. The fraction of sp³-hybridized carbons (Fsp3) is 1.00. The quantitative estimate of drug-likeness (QED) is 0.668. The summed E-state index contributed by atoms with van der Waals surface area (Å²) in [4.78, 5) is 2.45. The summed E-state index contributed by atoms with van der Waals surface area (Å²) in [6, 6.07) is 0. The molecule has 0 bridgehead atoms. The third kappa shape index (κ3) is 8.44. The van der Waals surface area contributed by atoms with Crippen molar-refractivity contribution in [2.24, 2.45) is 0 Å². The van der Waals surface area contributed by atoms with Gasteiger partial charge in [0.05, 0.1) is 0 Å². The van der Waals surface area contributed by atoms with Crippen molar-refractivity contribution in [3.63, 3.8) is 0 Å². The zero-order valence-corrected chi connectivity index (χ0v) is 10.4. The second kappa shape index (κ2) is 7.93. The number of unbranched alkanes of at least 4 members (excludes halogenated alkanes) is 1. The van der Waals surface area contributed by atoms with Crippen LogP contribution in [0.5, 0.6) is 0 Å². The highest BCUT2D eigenvalue weighted by atomic mass is 19.4. The Kier molecular flexibility index (Phi) is 6.89. The molecule has 0 atom stereocenters. The van der Waals surface area contributed by atoms with Gasteiger partial charge < -0.3 is 10.2 Å². The number of alkyl halides is 3. The van der Waals surface area contributed by atoms with Crippen LogP contribution >= 0.6 is 0 Å². The smallest absolute Gasteiger partial charge is 0.317 e. The summed E-state index contributed by atoms with van der Waals surface area (Å²) in [6.45, 7) is 5.17. The van der Waals surface area contributed by atoms with Crippen LogP contribution in [0.15, 0.2) is 0 Å². The minimum absolute atomic E-state index is 0.239. The van der Waals surface area contributed by atoms with Gasteiger partial charge in [-0.1, -0.05) is 0 Å². The van der Waals surface area contributed by atoms with Crippen molar-refractivity contribution < 1.29 is 13.2 Å². The predicted molar refractivity (Wildman–Crippen MR) is 63.1 cm³/mol. The molecule has 0 spiro atoms. The highest BCUT2D eigenvalue weighted by molar-refractivity contribution is 4.66. The summed E-state index contributed by atoms with van der Waals surface area (Å²) in [6.07, 6.45) is -0.0704. The van der Waals surface area contributed by atoms with Crippen LogP contribution < -0.4 is 5.32 Å². The predicted octanol–water partition coefficient (Wildman–Crippen LogP) is 2.79. The minimum atomic E-state index is -3.99. The van der Waals surface area contributed by atoms with Gasteiger partial charge in [0, 0.05) is 6.42 Å². The molecule has 0 unspecified atom stereocenters. The maximum Gasteiger partial charge on any atom is 0.389 e. The van der Waals surface area contributed by atoms with Crippen molar-refractivity contribution in [1.29, 1.82) is 0 Å². The first-order chi connectivity index (χ1) is 8.08. The van der Waals surface area contributed by atoms with Crippen LogP contribution in [0.4, 0.5) is 13.2 Å². The molecule has 0 aromatic heterocycles. The van der Waals surface area contributed by atoms with E-state index in [0.29, 0.717) is 13.0 Å². The Hall–Kier alpha value is -0.290. The topological polar surface area (TPSA) is 15.3 Å². The van der Waals surface area contributed by atoms with Crippen LogP contribution in [0.3, 0.4) is 0 Å². The normalized spacial score (nSPS) is 17.8.